The summed E-state index contributed by atoms with van der Waals surface area (Å²) in [4.78, 5) is 4.34. The van der Waals surface area contributed by atoms with Gasteiger partial charge in [-0.2, -0.15) is 0 Å². The third-order valence-electron chi connectivity index (χ3n) is 3.18. The predicted octanol–water partition coefficient (Wildman–Crippen LogP) is 2.68. The Hall–Kier alpha value is -0.990. The summed E-state index contributed by atoms with van der Waals surface area (Å²) in [6, 6.07) is 0.659. The van der Waals surface area contributed by atoms with Gasteiger partial charge in [0.15, 0.2) is 0 Å². The maximum atomic E-state index is 4.34. The molecule has 1 heterocycles. The lowest BCUT2D eigenvalue weighted by molar-refractivity contribution is 0.411. The van der Waals surface area contributed by atoms with Crippen LogP contribution in [0.4, 0.5) is 5.95 Å². The van der Waals surface area contributed by atoms with Gasteiger partial charge < -0.3 is 9.88 Å². The second kappa shape index (κ2) is 4.03. The third kappa shape index (κ3) is 1.63. The van der Waals surface area contributed by atoms with Crippen LogP contribution in [0.5, 0.6) is 0 Å². The summed E-state index contributed by atoms with van der Waals surface area (Å²) in [7, 11) is 0. The summed E-state index contributed by atoms with van der Waals surface area (Å²) in [5.74, 6) is 1.83. The molecular formula is C11H19N3. The molecule has 1 N–H and O–H groups in total. The molecule has 0 aromatic carbocycles. The SMILES string of the molecule is CCNc1nccn1C1CCCC1C. The van der Waals surface area contributed by atoms with Gasteiger partial charge in [0, 0.05) is 25.0 Å². The van der Waals surface area contributed by atoms with Crippen LogP contribution in [0.1, 0.15) is 39.2 Å². The van der Waals surface area contributed by atoms with Crippen LogP contribution in [0.15, 0.2) is 12.4 Å². The van der Waals surface area contributed by atoms with Gasteiger partial charge in [-0.05, 0) is 25.7 Å². The fraction of sp³-hybridized carbons (Fsp3) is 0.727. The highest BCUT2D eigenvalue weighted by Crippen LogP contribution is 2.36. The van der Waals surface area contributed by atoms with Gasteiger partial charge in [0.25, 0.3) is 0 Å². The quantitative estimate of drug-likeness (QED) is 0.799. The number of anilines is 1. The van der Waals surface area contributed by atoms with Crippen molar-refractivity contribution in [3.8, 4) is 0 Å². The van der Waals surface area contributed by atoms with Crippen LogP contribution in [0.2, 0.25) is 0 Å². The van der Waals surface area contributed by atoms with Crippen molar-refractivity contribution in [1.29, 1.82) is 0 Å². The Morgan fingerprint density at radius 3 is 3.07 bits per heavy atom. The Morgan fingerprint density at radius 1 is 1.57 bits per heavy atom. The van der Waals surface area contributed by atoms with Crippen LogP contribution in [-0.2, 0) is 0 Å². The molecule has 1 aliphatic rings. The van der Waals surface area contributed by atoms with E-state index < -0.39 is 0 Å². The summed E-state index contributed by atoms with van der Waals surface area (Å²) in [6.45, 7) is 5.39. The van der Waals surface area contributed by atoms with Gasteiger partial charge in [-0.25, -0.2) is 4.98 Å². The first-order valence-electron chi connectivity index (χ1n) is 5.59. The molecule has 1 aromatic rings. The number of hydrogen-bond donors (Lipinski definition) is 1. The Bertz CT molecular complexity index is 292. The van der Waals surface area contributed by atoms with Crippen molar-refractivity contribution in [3.05, 3.63) is 12.4 Å². The van der Waals surface area contributed by atoms with Gasteiger partial charge >= 0.3 is 0 Å². The van der Waals surface area contributed by atoms with Gasteiger partial charge in [-0.3, -0.25) is 0 Å². The van der Waals surface area contributed by atoms with E-state index in [4.69, 9.17) is 0 Å². The van der Waals surface area contributed by atoms with Crippen LogP contribution < -0.4 is 5.32 Å². The molecule has 3 nitrogen and oxygen atoms in total. The first-order chi connectivity index (χ1) is 6.83. The van der Waals surface area contributed by atoms with Crippen LogP contribution in [0.3, 0.4) is 0 Å². The molecule has 0 bridgehead atoms. The second-order valence-electron chi connectivity index (χ2n) is 4.16. The molecule has 2 rings (SSSR count). The van der Waals surface area contributed by atoms with E-state index in [2.05, 4.69) is 34.9 Å². The lowest BCUT2D eigenvalue weighted by Gasteiger charge is -2.19. The predicted molar refractivity (Wildman–Crippen MR) is 58.4 cm³/mol. The van der Waals surface area contributed by atoms with Crippen molar-refractivity contribution in [3.63, 3.8) is 0 Å². The Balaban J connectivity index is 2.17. The van der Waals surface area contributed by atoms with E-state index in [-0.39, 0.29) is 0 Å². The van der Waals surface area contributed by atoms with E-state index in [1.54, 1.807) is 0 Å². The van der Waals surface area contributed by atoms with E-state index in [0.717, 1.165) is 18.4 Å². The highest BCUT2D eigenvalue weighted by atomic mass is 15.2. The average molecular weight is 193 g/mol. The molecule has 0 saturated heterocycles. The molecule has 2 atom stereocenters. The lowest BCUT2D eigenvalue weighted by atomic mass is 10.1. The first kappa shape index (κ1) is 9.56. The van der Waals surface area contributed by atoms with Crippen molar-refractivity contribution < 1.29 is 0 Å². The second-order valence-corrected chi connectivity index (χ2v) is 4.16. The van der Waals surface area contributed by atoms with E-state index in [0.29, 0.717) is 6.04 Å². The number of nitrogens with one attached hydrogen (secondary N) is 1. The number of nitrogens with zero attached hydrogens (tertiary/aromatic N) is 2. The molecule has 0 amide bonds. The van der Waals surface area contributed by atoms with Gasteiger partial charge in [0.05, 0.1) is 0 Å². The maximum absolute atomic E-state index is 4.34. The molecule has 1 aliphatic carbocycles. The summed E-state index contributed by atoms with van der Waals surface area (Å²) in [5, 5.41) is 3.31. The minimum atomic E-state index is 0.659. The number of imidazole rings is 1. The highest BCUT2D eigenvalue weighted by molar-refractivity contribution is 5.26. The number of rotatable bonds is 3. The van der Waals surface area contributed by atoms with E-state index >= 15 is 0 Å². The van der Waals surface area contributed by atoms with Crippen molar-refractivity contribution in [2.75, 3.05) is 11.9 Å². The number of aromatic nitrogens is 2. The monoisotopic (exact) mass is 193 g/mol. The van der Waals surface area contributed by atoms with E-state index in [1.165, 1.54) is 19.3 Å². The molecule has 0 spiro atoms. The highest BCUT2D eigenvalue weighted by Gasteiger charge is 2.26. The smallest absolute Gasteiger partial charge is 0.203 e. The molecule has 1 saturated carbocycles. The molecule has 78 valence electrons. The van der Waals surface area contributed by atoms with Crippen molar-refractivity contribution in [1.82, 2.24) is 9.55 Å². The van der Waals surface area contributed by atoms with Gasteiger partial charge in [-0.1, -0.05) is 13.3 Å². The summed E-state index contributed by atoms with van der Waals surface area (Å²) >= 11 is 0. The van der Waals surface area contributed by atoms with Crippen LogP contribution in [0, 0.1) is 5.92 Å². The molecule has 2 unspecified atom stereocenters. The van der Waals surface area contributed by atoms with Crippen molar-refractivity contribution in [2.24, 2.45) is 5.92 Å². The Kier molecular flexibility index (Phi) is 2.75. The first-order valence-corrected chi connectivity index (χ1v) is 5.59. The summed E-state index contributed by atoms with van der Waals surface area (Å²) in [6.07, 6.45) is 8.01. The molecule has 0 aliphatic heterocycles. The summed E-state index contributed by atoms with van der Waals surface area (Å²) in [5.41, 5.74) is 0. The minimum absolute atomic E-state index is 0.659. The lowest BCUT2D eigenvalue weighted by Crippen LogP contribution is -2.14. The topological polar surface area (TPSA) is 29.9 Å². The minimum Gasteiger partial charge on any atom is -0.356 e. The largest absolute Gasteiger partial charge is 0.356 e. The fourth-order valence-corrected chi connectivity index (χ4v) is 2.41. The van der Waals surface area contributed by atoms with Gasteiger partial charge in [-0.15, -0.1) is 0 Å². The zero-order chi connectivity index (χ0) is 9.97. The molecule has 0 radical (unpaired) electrons. The normalized spacial score (nSPS) is 26.7. The zero-order valence-corrected chi connectivity index (χ0v) is 9.03. The van der Waals surface area contributed by atoms with Gasteiger partial charge in [0.2, 0.25) is 5.95 Å². The molecule has 1 fully saturated rings. The van der Waals surface area contributed by atoms with E-state index in [1.807, 2.05) is 6.20 Å². The van der Waals surface area contributed by atoms with E-state index in [9.17, 15) is 0 Å². The van der Waals surface area contributed by atoms with Gasteiger partial charge in [0.1, 0.15) is 0 Å². The average Bonchev–Trinajstić information content (AvgIpc) is 2.74. The summed E-state index contributed by atoms with van der Waals surface area (Å²) < 4.78 is 2.31. The zero-order valence-electron chi connectivity index (χ0n) is 9.03. The van der Waals surface area contributed by atoms with Crippen LogP contribution in [0.25, 0.3) is 0 Å². The Labute approximate surface area is 85.5 Å². The van der Waals surface area contributed by atoms with Crippen molar-refractivity contribution in [2.45, 2.75) is 39.2 Å². The third-order valence-corrected chi connectivity index (χ3v) is 3.18. The maximum Gasteiger partial charge on any atom is 0.203 e. The Morgan fingerprint density at radius 2 is 2.43 bits per heavy atom. The molecule has 14 heavy (non-hydrogen) atoms. The number of hydrogen-bond acceptors (Lipinski definition) is 2. The fourth-order valence-electron chi connectivity index (χ4n) is 2.41. The standard InChI is InChI=1S/C11H19N3/c1-3-12-11-13-7-8-14(11)10-6-4-5-9(10)2/h7-10H,3-6H2,1-2H3,(H,12,13). The van der Waals surface area contributed by atoms with Crippen molar-refractivity contribution >= 4 is 5.95 Å². The van der Waals surface area contributed by atoms with Crippen LogP contribution in [-0.4, -0.2) is 16.1 Å². The van der Waals surface area contributed by atoms with Crippen LogP contribution >= 0.6 is 0 Å². The molecule has 1 aromatic heterocycles. The molecular weight excluding hydrogens is 174 g/mol. The molecule has 3 heteroatoms.